The molecule has 1 amide bonds. The van der Waals surface area contributed by atoms with Gasteiger partial charge in [-0.15, -0.1) is 0 Å². The molecule has 0 fully saturated rings. The number of nitrogens with one attached hydrogen (secondary N) is 1. The summed E-state index contributed by atoms with van der Waals surface area (Å²) in [6, 6.07) is 2.30. The van der Waals surface area contributed by atoms with Gasteiger partial charge < -0.3 is 15.2 Å². The van der Waals surface area contributed by atoms with Gasteiger partial charge in [-0.3, -0.25) is 14.6 Å². The Kier molecular flexibility index (Phi) is 6.86. The van der Waals surface area contributed by atoms with E-state index in [1.54, 1.807) is 25.3 Å². The van der Waals surface area contributed by atoms with Crippen LogP contribution in [0.1, 0.15) is 25.3 Å². The van der Waals surface area contributed by atoms with E-state index in [0.29, 0.717) is 5.56 Å². The summed E-state index contributed by atoms with van der Waals surface area (Å²) < 4.78 is 4.72. The van der Waals surface area contributed by atoms with Crippen molar-refractivity contribution in [2.45, 2.75) is 32.2 Å². The molecule has 7 nitrogen and oxygen atoms in total. The Morgan fingerprint density at radius 1 is 1.43 bits per heavy atom. The average molecular weight is 294 g/mol. The van der Waals surface area contributed by atoms with E-state index in [1.165, 1.54) is 6.20 Å². The van der Waals surface area contributed by atoms with Gasteiger partial charge in [0.25, 0.3) is 0 Å². The van der Waals surface area contributed by atoms with Gasteiger partial charge in [0.15, 0.2) is 0 Å². The number of nitrogens with zero attached hydrogens (tertiary/aromatic N) is 1. The number of hydrogen-bond donors (Lipinski definition) is 2. The summed E-state index contributed by atoms with van der Waals surface area (Å²) >= 11 is 0. The highest BCUT2D eigenvalue weighted by Gasteiger charge is 2.21. The number of amides is 1. The normalized spacial score (nSPS) is 11.5. The molecule has 0 aliphatic heterocycles. The first-order valence-electron chi connectivity index (χ1n) is 6.59. The number of esters is 1. The molecule has 7 heteroatoms. The minimum Gasteiger partial charge on any atom is -0.480 e. The number of carbonyl (C=O) groups is 3. The summed E-state index contributed by atoms with van der Waals surface area (Å²) in [5.41, 5.74) is 0.685. The zero-order chi connectivity index (χ0) is 15.7. The van der Waals surface area contributed by atoms with Crippen LogP contribution in [0.4, 0.5) is 0 Å². The van der Waals surface area contributed by atoms with Crippen molar-refractivity contribution in [2.24, 2.45) is 0 Å². The molecule has 0 radical (unpaired) electrons. The SMILES string of the molecule is CCOC(=O)CC[C@H](NC(=O)Cc1cccnc1)C(=O)O. The highest BCUT2D eigenvalue weighted by Crippen LogP contribution is 2.02. The average Bonchev–Trinajstić information content (AvgIpc) is 2.44. The molecule has 1 rings (SSSR count). The van der Waals surface area contributed by atoms with Gasteiger partial charge in [-0.1, -0.05) is 6.07 Å². The molecule has 0 aliphatic carbocycles. The van der Waals surface area contributed by atoms with Gasteiger partial charge in [0, 0.05) is 18.8 Å². The Balaban J connectivity index is 2.48. The fourth-order valence-electron chi connectivity index (χ4n) is 1.69. The van der Waals surface area contributed by atoms with Crippen molar-refractivity contribution in [3.05, 3.63) is 30.1 Å². The van der Waals surface area contributed by atoms with E-state index in [0.717, 1.165) is 0 Å². The minimum atomic E-state index is -1.18. The number of carboxylic acid groups (broad SMARTS) is 1. The predicted octanol–water partition coefficient (Wildman–Crippen LogP) is 0.537. The second-order valence-electron chi connectivity index (χ2n) is 4.34. The number of rotatable bonds is 8. The van der Waals surface area contributed by atoms with Crippen molar-refractivity contribution in [2.75, 3.05) is 6.61 Å². The molecule has 2 N–H and O–H groups in total. The molecule has 114 valence electrons. The number of aliphatic carboxylic acids is 1. The number of ether oxygens (including phenoxy) is 1. The third kappa shape index (κ3) is 6.51. The lowest BCUT2D eigenvalue weighted by Crippen LogP contribution is -2.41. The van der Waals surface area contributed by atoms with Crippen LogP contribution < -0.4 is 5.32 Å². The Bertz CT molecular complexity index is 489. The summed E-state index contributed by atoms with van der Waals surface area (Å²) in [5, 5.41) is 11.4. The van der Waals surface area contributed by atoms with E-state index < -0.39 is 23.9 Å². The zero-order valence-corrected chi connectivity index (χ0v) is 11.7. The molecule has 0 aliphatic rings. The van der Waals surface area contributed by atoms with Crippen molar-refractivity contribution in [1.29, 1.82) is 0 Å². The maximum atomic E-state index is 11.8. The first-order valence-corrected chi connectivity index (χ1v) is 6.59. The largest absolute Gasteiger partial charge is 0.480 e. The second kappa shape index (κ2) is 8.68. The van der Waals surface area contributed by atoms with Crippen LogP contribution in [0.15, 0.2) is 24.5 Å². The molecular weight excluding hydrogens is 276 g/mol. The highest BCUT2D eigenvalue weighted by molar-refractivity contribution is 5.85. The molecule has 0 saturated heterocycles. The zero-order valence-electron chi connectivity index (χ0n) is 11.7. The molecule has 21 heavy (non-hydrogen) atoms. The minimum absolute atomic E-state index is 0.00700. The number of hydrogen-bond acceptors (Lipinski definition) is 5. The number of pyridine rings is 1. The van der Waals surface area contributed by atoms with Crippen molar-refractivity contribution in [3.8, 4) is 0 Å². The summed E-state index contributed by atoms with van der Waals surface area (Å²) in [4.78, 5) is 37.9. The molecular formula is C14H18N2O5. The predicted molar refractivity (Wildman–Crippen MR) is 73.4 cm³/mol. The first kappa shape index (κ1) is 16.6. The molecule has 0 aromatic carbocycles. The van der Waals surface area contributed by atoms with Gasteiger partial charge in [-0.05, 0) is 25.0 Å². The van der Waals surface area contributed by atoms with Gasteiger partial charge in [-0.2, -0.15) is 0 Å². The van der Waals surface area contributed by atoms with E-state index in [1.807, 2.05) is 0 Å². The van der Waals surface area contributed by atoms with Crippen LogP contribution in [0, 0.1) is 0 Å². The first-order chi connectivity index (χ1) is 10.0. The van der Waals surface area contributed by atoms with E-state index in [9.17, 15) is 14.4 Å². The van der Waals surface area contributed by atoms with Crippen LogP contribution in [0.5, 0.6) is 0 Å². The molecule has 0 bridgehead atoms. The van der Waals surface area contributed by atoms with Gasteiger partial charge in [0.2, 0.25) is 5.91 Å². The molecule has 0 spiro atoms. The van der Waals surface area contributed by atoms with Crippen molar-refractivity contribution >= 4 is 17.8 Å². The topological polar surface area (TPSA) is 106 Å². The fourth-order valence-corrected chi connectivity index (χ4v) is 1.69. The van der Waals surface area contributed by atoms with Gasteiger partial charge in [0.05, 0.1) is 13.0 Å². The summed E-state index contributed by atoms with van der Waals surface area (Å²) in [6.07, 6.45) is 3.09. The smallest absolute Gasteiger partial charge is 0.326 e. The van der Waals surface area contributed by atoms with Crippen molar-refractivity contribution in [1.82, 2.24) is 10.3 Å². The van der Waals surface area contributed by atoms with Gasteiger partial charge in [0.1, 0.15) is 6.04 Å². The molecule has 1 aromatic heterocycles. The second-order valence-corrected chi connectivity index (χ2v) is 4.34. The van der Waals surface area contributed by atoms with Crippen molar-refractivity contribution in [3.63, 3.8) is 0 Å². The maximum absolute atomic E-state index is 11.8. The molecule has 0 unspecified atom stereocenters. The van der Waals surface area contributed by atoms with Crippen LogP contribution in [0.3, 0.4) is 0 Å². The quantitative estimate of drug-likeness (QED) is 0.678. The molecule has 1 heterocycles. The Morgan fingerprint density at radius 3 is 2.76 bits per heavy atom. The van der Waals surface area contributed by atoms with Crippen LogP contribution in [0.25, 0.3) is 0 Å². The van der Waals surface area contributed by atoms with E-state index in [2.05, 4.69) is 10.3 Å². The molecule has 1 aromatic rings. The fraction of sp³-hybridized carbons (Fsp3) is 0.429. The Labute approximate surface area is 122 Å². The number of aromatic nitrogens is 1. The van der Waals surface area contributed by atoms with Crippen LogP contribution in [-0.2, 0) is 25.5 Å². The lowest BCUT2D eigenvalue weighted by atomic mass is 10.1. The summed E-state index contributed by atoms with van der Waals surface area (Å²) in [6.45, 7) is 1.91. The van der Waals surface area contributed by atoms with Crippen molar-refractivity contribution < 1.29 is 24.2 Å². The molecule has 0 saturated carbocycles. The van der Waals surface area contributed by atoms with Crippen LogP contribution in [0.2, 0.25) is 0 Å². The lowest BCUT2D eigenvalue weighted by Gasteiger charge is -2.14. The highest BCUT2D eigenvalue weighted by atomic mass is 16.5. The third-order valence-electron chi connectivity index (χ3n) is 2.66. The summed E-state index contributed by atoms with van der Waals surface area (Å²) in [5.74, 6) is -2.09. The number of carboxylic acids is 1. The molecule has 1 atom stereocenters. The lowest BCUT2D eigenvalue weighted by molar-refractivity contribution is -0.145. The monoisotopic (exact) mass is 294 g/mol. The van der Waals surface area contributed by atoms with Gasteiger partial charge in [-0.25, -0.2) is 4.79 Å². The third-order valence-corrected chi connectivity index (χ3v) is 2.66. The van der Waals surface area contributed by atoms with E-state index >= 15 is 0 Å². The Morgan fingerprint density at radius 2 is 2.19 bits per heavy atom. The number of carbonyl (C=O) groups excluding carboxylic acids is 2. The summed E-state index contributed by atoms with van der Waals surface area (Å²) in [7, 11) is 0. The van der Waals surface area contributed by atoms with Crippen LogP contribution in [-0.4, -0.2) is 40.6 Å². The maximum Gasteiger partial charge on any atom is 0.326 e. The van der Waals surface area contributed by atoms with Crippen LogP contribution >= 0.6 is 0 Å². The van der Waals surface area contributed by atoms with E-state index in [4.69, 9.17) is 9.84 Å². The van der Waals surface area contributed by atoms with E-state index in [-0.39, 0.29) is 25.9 Å². The Hall–Kier alpha value is -2.44. The standard InChI is InChI=1S/C14H18N2O5/c1-2-21-13(18)6-5-11(14(19)20)16-12(17)8-10-4-3-7-15-9-10/h3-4,7,9,11H,2,5-6,8H2,1H3,(H,16,17)(H,19,20)/t11-/m0/s1. The van der Waals surface area contributed by atoms with Gasteiger partial charge >= 0.3 is 11.9 Å².